The molecule has 0 bridgehead atoms. The minimum Gasteiger partial charge on any atom is -0.394 e. The van der Waals surface area contributed by atoms with Crippen LogP contribution in [0, 0.1) is 0 Å². The van der Waals surface area contributed by atoms with Crippen molar-refractivity contribution < 1.29 is 20.1 Å². The highest BCUT2D eigenvalue weighted by molar-refractivity contribution is 5.88. The zero-order chi connectivity index (χ0) is 18.4. The second-order valence-corrected chi connectivity index (χ2v) is 5.74. The first kappa shape index (κ1) is 18.2. The Bertz CT molecular complexity index is 754. The van der Waals surface area contributed by atoms with E-state index in [2.05, 4.69) is 20.8 Å². The van der Waals surface area contributed by atoms with Crippen LogP contribution in [0.4, 0.5) is 11.4 Å². The summed E-state index contributed by atoms with van der Waals surface area (Å²) < 4.78 is 5.50. The van der Waals surface area contributed by atoms with Crippen molar-refractivity contribution in [2.75, 3.05) is 12.0 Å². The fraction of sp³-hybridized carbons (Fsp3) is 0.278. The lowest BCUT2D eigenvalue weighted by atomic mass is 10.1. The van der Waals surface area contributed by atoms with E-state index in [1.165, 1.54) is 0 Å². The number of rotatable bonds is 5. The van der Waals surface area contributed by atoms with Crippen molar-refractivity contribution in [1.82, 2.24) is 0 Å². The maximum absolute atomic E-state index is 10.2. The Morgan fingerprint density at radius 3 is 2.23 bits per heavy atom. The average Bonchev–Trinajstić information content (AvgIpc) is 2.98. The summed E-state index contributed by atoms with van der Waals surface area (Å²) >= 11 is 0. The van der Waals surface area contributed by atoms with Gasteiger partial charge in [-0.3, -0.25) is 5.43 Å². The van der Waals surface area contributed by atoms with Crippen LogP contribution in [0.2, 0.25) is 0 Å². The van der Waals surface area contributed by atoms with E-state index in [1.54, 1.807) is 12.1 Å². The van der Waals surface area contributed by atoms with E-state index in [0.717, 1.165) is 0 Å². The van der Waals surface area contributed by atoms with Crippen molar-refractivity contribution in [2.24, 2.45) is 15.3 Å². The lowest BCUT2D eigenvalue weighted by Crippen LogP contribution is -2.36. The van der Waals surface area contributed by atoms with Gasteiger partial charge in [-0.05, 0) is 24.3 Å². The van der Waals surface area contributed by atoms with Gasteiger partial charge in [0, 0.05) is 0 Å². The molecule has 0 aromatic heterocycles. The van der Waals surface area contributed by atoms with Gasteiger partial charge in [-0.2, -0.15) is 5.10 Å². The van der Waals surface area contributed by atoms with Crippen LogP contribution < -0.4 is 5.43 Å². The first-order chi connectivity index (χ1) is 12.7. The van der Waals surface area contributed by atoms with Gasteiger partial charge in [0.2, 0.25) is 5.84 Å². The topological polar surface area (TPSA) is 119 Å². The molecule has 8 heteroatoms. The van der Waals surface area contributed by atoms with E-state index in [4.69, 9.17) is 4.74 Å². The number of para-hydroxylation sites is 1. The molecule has 0 aliphatic carbocycles. The Kier molecular flexibility index (Phi) is 6.03. The SMILES string of the molecule is OC[C@@H]1O[C@H](/C(N=Nc2ccccc2)=N/Nc2ccccc2)[C@H](O)[C@@H]1O. The number of hydrogen-bond acceptors (Lipinski definition) is 7. The summed E-state index contributed by atoms with van der Waals surface area (Å²) in [5.74, 6) is 0.0557. The minimum atomic E-state index is -1.28. The van der Waals surface area contributed by atoms with Gasteiger partial charge in [-0.15, -0.1) is 10.2 Å². The molecule has 1 aliphatic heterocycles. The summed E-state index contributed by atoms with van der Waals surface area (Å²) in [7, 11) is 0. The van der Waals surface area contributed by atoms with Crippen LogP contribution in [0.1, 0.15) is 0 Å². The van der Waals surface area contributed by atoms with Gasteiger partial charge in [0.25, 0.3) is 0 Å². The molecule has 2 aromatic carbocycles. The number of azo groups is 1. The van der Waals surface area contributed by atoms with Crippen molar-refractivity contribution >= 4 is 17.2 Å². The predicted molar refractivity (Wildman–Crippen MR) is 96.2 cm³/mol. The van der Waals surface area contributed by atoms with Gasteiger partial charge >= 0.3 is 0 Å². The number of ether oxygens (including phenoxy) is 1. The minimum absolute atomic E-state index is 0.0557. The number of amidine groups is 1. The molecule has 0 radical (unpaired) electrons. The summed E-state index contributed by atoms with van der Waals surface area (Å²) in [6.45, 7) is -0.427. The Labute approximate surface area is 150 Å². The number of aliphatic hydroxyl groups is 3. The molecule has 136 valence electrons. The van der Waals surface area contributed by atoms with Crippen molar-refractivity contribution in [2.45, 2.75) is 24.4 Å². The summed E-state index contributed by atoms with van der Waals surface area (Å²) in [5.41, 5.74) is 4.14. The largest absolute Gasteiger partial charge is 0.394 e. The molecular formula is C18H20N4O4. The quantitative estimate of drug-likeness (QED) is 0.281. The summed E-state index contributed by atoms with van der Waals surface area (Å²) in [6.07, 6.45) is -4.45. The monoisotopic (exact) mass is 356 g/mol. The van der Waals surface area contributed by atoms with Gasteiger partial charge in [0.05, 0.1) is 18.0 Å². The zero-order valence-electron chi connectivity index (χ0n) is 13.9. The van der Waals surface area contributed by atoms with Crippen LogP contribution in [0.25, 0.3) is 0 Å². The first-order valence-electron chi connectivity index (χ1n) is 8.17. The number of anilines is 1. The van der Waals surface area contributed by atoms with Crippen molar-refractivity contribution in [3.8, 4) is 0 Å². The third-order valence-corrected chi connectivity index (χ3v) is 3.89. The van der Waals surface area contributed by atoms with E-state index in [9.17, 15) is 15.3 Å². The normalized spacial score (nSPS) is 26.3. The molecule has 1 aliphatic rings. The molecule has 0 amide bonds. The zero-order valence-corrected chi connectivity index (χ0v) is 13.9. The van der Waals surface area contributed by atoms with Gasteiger partial charge in [0.1, 0.15) is 24.4 Å². The lowest BCUT2D eigenvalue weighted by molar-refractivity contribution is -0.0101. The van der Waals surface area contributed by atoms with E-state index in [0.29, 0.717) is 11.4 Å². The number of benzene rings is 2. The second-order valence-electron chi connectivity index (χ2n) is 5.74. The molecule has 1 heterocycles. The Hall–Kier alpha value is -2.65. The maximum atomic E-state index is 10.2. The average molecular weight is 356 g/mol. The van der Waals surface area contributed by atoms with Crippen LogP contribution in [-0.4, -0.2) is 52.2 Å². The van der Waals surface area contributed by atoms with Gasteiger partial charge in [-0.1, -0.05) is 36.4 Å². The molecular weight excluding hydrogens is 336 g/mol. The van der Waals surface area contributed by atoms with E-state index in [-0.39, 0.29) is 5.84 Å². The van der Waals surface area contributed by atoms with Crippen LogP contribution in [0.3, 0.4) is 0 Å². The second kappa shape index (κ2) is 8.63. The van der Waals surface area contributed by atoms with E-state index in [1.807, 2.05) is 48.5 Å². The van der Waals surface area contributed by atoms with Gasteiger partial charge in [0.15, 0.2) is 0 Å². The van der Waals surface area contributed by atoms with Crippen LogP contribution in [0.15, 0.2) is 76.0 Å². The molecule has 0 saturated carbocycles. The van der Waals surface area contributed by atoms with E-state index < -0.39 is 31.0 Å². The maximum Gasteiger partial charge on any atom is 0.202 e. The molecule has 26 heavy (non-hydrogen) atoms. The Morgan fingerprint density at radius 1 is 0.962 bits per heavy atom. The molecule has 4 atom stereocenters. The number of nitrogens with zero attached hydrogens (tertiary/aromatic N) is 3. The van der Waals surface area contributed by atoms with Gasteiger partial charge in [-0.25, -0.2) is 0 Å². The Morgan fingerprint density at radius 2 is 1.62 bits per heavy atom. The van der Waals surface area contributed by atoms with Crippen LogP contribution in [-0.2, 0) is 4.74 Å². The molecule has 1 fully saturated rings. The summed E-state index contributed by atoms with van der Waals surface area (Å²) in [6, 6.07) is 18.2. The molecule has 0 unspecified atom stereocenters. The number of hydrogen-bond donors (Lipinski definition) is 4. The van der Waals surface area contributed by atoms with Crippen LogP contribution in [0.5, 0.6) is 0 Å². The summed E-state index contributed by atoms with van der Waals surface area (Å²) in [4.78, 5) is 0. The third-order valence-electron chi connectivity index (χ3n) is 3.89. The van der Waals surface area contributed by atoms with Crippen molar-refractivity contribution in [3.05, 3.63) is 60.7 Å². The lowest BCUT2D eigenvalue weighted by Gasteiger charge is -2.13. The molecule has 0 spiro atoms. The third kappa shape index (κ3) is 4.30. The number of aliphatic hydroxyl groups excluding tert-OH is 3. The Balaban J connectivity index is 1.85. The van der Waals surface area contributed by atoms with Crippen molar-refractivity contribution in [1.29, 1.82) is 0 Å². The fourth-order valence-electron chi connectivity index (χ4n) is 2.49. The predicted octanol–water partition coefficient (Wildman–Crippen LogP) is 1.68. The summed E-state index contributed by atoms with van der Waals surface area (Å²) in [5, 5.41) is 41.8. The van der Waals surface area contributed by atoms with E-state index >= 15 is 0 Å². The molecule has 4 N–H and O–H groups in total. The fourth-order valence-corrected chi connectivity index (χ4v) is 2.49. The molecule has 8 nitrogen and oxygen atoms in total. The molecule has 1 saturated heterocycles. The van der Waals surface area contributed by atoms with Crippen molar-refractivity contribution in [3.63, 3.8) is 0 Å². The standard InChI is InChI=1S/C18H20N4O4/c23-11-14-15(24)16(25)17(26-14)18(21-19-12-7-3-1-4-8-12)22-20-13-9-5-2-6-10-13/h1-10,14-17,19,23-25H,11H2/b21-18-,22-20?/t14-,15+,16+,17-/m0/s1. The molecule has 2 aromatic rings. The smallest absolute Gasteiger partial charge is 0.202 e. The van der Waals surface area contributed by atoms with Crippen LogP contribution >= 0.6 is 0 Å². The number of hydrazone groups is 1. The highest BCUT2D eigenvalue weighted by atomic mass is 16.6. The molecule has 3 rings (SSSR count). The highest BCUT2D eigenvalue weighted by Crippen LogP contribution is 2.24. The number of nitrogens with one attached hydrogen (secondary N) is 1. The highest BCUT2D eigenvalue weighted by Gasteiger charge is 2.45. The van der Waals surface area contributed by atoms with Gasteiger partial charge < -0.3 is 20.1 Å². The first-order valence-corrected chi connectivity index (χ1v) is 8.17.